The normalized spacial score (nSPS) is 12.2. The third kappa shape index (κ3) is 2.32. The molecule has 0 N–H and O–H groups in total. The maximum atomic E-state index is 6.08. The summed E-state index contributed by atoms with van der Waals surface area (Å²) in [7, 11) is 0. The standard InChI is InChI=1S/C26H16BrN3O/c1-15-6-10-24-18(12-15)19-14-17(8-11-25(19)31-24)29-22-9-7-16(27)13-23(22)30-21-5-3-2-4-20(21)28-26(29)30/h2-14H,1H3. The van der Waals surface area contributed by atoms with Crippen LogP contribution in [0.5, 0.6) is 0 Å². The molecule has 31 heavy (non-hydrogen) atoms. The number of hydrogen-bond donors (Lipinski definition) is 0. The summed E-state index contributed by atoms with van der Waals surface area (Å²) < 4.78 is 11.6. The molecule has 0 atom stereocenters. The van der Waals surface area contributed by atoms with Gasteiger partial charge in [-0.3, -0.25) is 8.97 Å². The molecule has 4 nitrogen and oxygen atoms in total. The molecule has 0 aliphatic rings. The van der Waals surface area contributed by atoms with E-state index in [9.17, 15) is 0 Å². The fraction of sp³-hybridized carbons (Fsp3) is 0.0385. The smallest absolute Gasteiger partial charge is 0.220 e. The highest BCUT2D eigenvalue weighted by molar-refractivity contribution is 9.10. The van der Waals surface area contributed by atoms with Gasteiger partial charge in [-0.25, -0.2) is 4.98 Å². The number of benzene rings is 4. The quantitative estimate of drug-likeness (QED) is 0.253. The van der Waals surface area contributed by atoms with Crippen molar-refractivity contribution in [2.45, 2.75) is 6.92 Å². The van der Waals surface area contributed by atoms with Crippen molar-refractivity contribution in [2.24, 2.45) is 0 Å². The highest BCUT2D eigenvalue weighted by Gasteiger charge is 2.18. The Morgan fingerprint density at radius 2 is 1.58 bits per heavy atom. The molecule has 7 rings (SSSR count). The summed E-state index contributed by atoms with van der Waals surface area (Å²) in [5.74, 6) is 0.901. The van der Waals surface area contributed by atoms with E-state index in [4.69, 9.17) is 9.40 Å². The highest BCUT2D eigenvalue weighted by atomic mass is 79.9. The number of aryl methyl sites for hydroxylation is 1. The molecule has 0 saturated carbocycles. The van der Waals surface area contributed by atoms with Gasteiger partial charge in [0.15, 0.2) is 0 Å². The van der Waals surface area contributed by atoms with Crippen LogP contribution in [0.3, 0.4) is 0 Å². The monoisotopic (exact) mass is 465 g/mol. The topological polar surface area (TPSA) is 35.4 Å². The van der Waals surface area contributed by atoms with Crippen molar-refractivity contribution in [1.82, 2.24) is 14.0 Å². The summed E-state index contributed by atoms with van der Waals surface area (Å²) in [6.45, 7) is 2.11. The van der Waals surface area contributed by atoms with Crippen LogP contribution in [0.25, 0.3) is 55.5 Å². The number of imidazole rings is 2. The van der Waals surface area contributed by atoms with Crippen LogP contribution in [0.2, 0.25) is 0 Å². The zero-order valence-electron chi connectivity index (χ0n) is 16.6. The van der Waals surface area contributed by atoms with E-state index in [0.29, 0.717) is 0 Å². The number of furan rings is 1. The van der Waals surface area contributed by atoms with E-state index >= 15 is 0 Å². The Balaban J connectivity index is 1.64. The third-order valence-electron chi connectivity index (χ3n) is 6.03. The number of nitrogens with zero attached hydrogens (tertiary/aromatic N) is 3. The van der Waals surface area contributed by atoms with Gasteiger partial charge in [0.2, 0.25) is 5.78 Å². The Bertz CT molecular complexity index is 1820. The Morgan fingerprint density at radius 3 is 2.48 bits per heavy atom. The molecule has 0 radical (unpaired) electrons. The van der Waals surface area contributed by atoms with E-state index in [1.165, 1.54) is 5.56 Å². The van der Waals surface area contributed by atoms with Crippen molar-refractivity contribution in [3.63, 3.8) is 0 Å². The zero-order chi connectivity index (χ0) is 20.7. The molecule has 0 unspecified atom stereocenters. The predicted octanol–water partition coefficient (Wildman–Crippen LogP) is 7.40. The first-order chi connectivity index (χ1) is 15.2. The molecule has 3 aromatic heterocycles. The Labute approximate surface area is 185 Å². The molecule has 4 aromatic carbocycles. The first-order valence-corrected chi connectivity index (χ1v) is 11.0. The van der Waals surface area contributed by atoms with Gasteiger partial charge < -0.3 is 4.42 Å². The minimum absolute atomic E-state index is 0.896. The molecular weight excluding hydrogens is 450 g/mol. The molecule has 0 aliphatic heterocycles. The molecule has 5 heteroatoms. The fourth-order valence-corrected chi connectivity index (χ4v) is 5.00. The van der Waals surface area contributed by atoms with Gasteiger partial charge in [-0.1, -0.05) is 39.7 Å². The number of fused-ring (bicyclic) bond motifs is 8. The molecule has 0 saturated heterocycles. The van der Waals surface area contributed by atoms with Crippen molar-refractivity contribution in [3.05, 3.63) is 88.9 Å². The van der Waals surface area contributed by atoms with Gasteiger partial charge in [0.1, 0.15) is 11.2 Å². The van der Waals surface area contributed by atoms with Crippen molar-refractivity contribution < 1.29 is 4.42 Å². The predicted molar refractivity (Wildman–Crippen MR) is 129 cm³/mol. The highest BCUT2D eigenvalue weighted by Crippen LogP contribution is 2.34. The van der Waals surface area contributed by atoms with Crippen LogP contribution in [0.4, 0.5) is 0 Å². The average molecular weight is 466 g/mol. The van der Waals surface area contributed by atoms with E-state index in [-0.39, 0.29) is 0 Å². The van der Waals surface area contributed by atoms with Crippen LogP contribution in [0.1, 0.15) is 5.56 Å². The van der Waals surface area contributed by atoms with Crippen molar-refractivity contribution in [3.8, 4) is 5.69 Å². The number of rotatable bonds is 1. The fourth-order valence-electron chi connectivity index (χ4n) is 4.65. The third-order valence-corrected chi connectivity index (χ3v) is 6.52. The van der Waals surface area contributed by atoms with Gasteiger partial charge in [-0.05, 0) is 67.6 Å². The van der Waals surface area contributed by atoms with Crippen molar-refractivity contribution in [2.75, 3.05) is 0 Å². The molecular formula is C26H16BrN3O. The van der Waals surface area contributed by atoms with Crippen LogP contribution in [0.15, 0.2) is 87.8 Å². The van der Waals surface area contributed by atoms with Crippen LogP contribution in [-0.2, 0) is 0 Å². The molecule has 0 fully saturated rings. The molecule has 148 valence electrons. The van der Waals surface area contributed by atoms with Gasteiger partial charge in [0.25, 0.3) is 0 Å². The van der Waals surface area contributed by atoms with Crippen LogP contribution >= 0.6 is 15.9 Å². The van der Waals surface area contributed by atoms with E-state index < -0.39 is 0 Å². The van der Waals surface area contributed by atoms with Crippen LogP contribution < -0.4 is 0 Å². The number of para-hydroxylation sites is 2. The van der Waals surface area contributed by atoms with Gasteiger partial charge in [0.05, 0.1) is 27.8 Å². The Kier molecular flexibility index (Phi) is 3.31. The van der Waals surface area contributed by atoms with Gasteiger partial charge in [-0.15, -0.1) is 0 Å². The number of hydrogen-bond acceptors (Lipinski definition) is 2. The lowest BCUT2D eigenvalue weighted by atomic mass is 10.1. The lowest BCUT2D eigenvalue weighted by Crippen LogP contribution is -1.94. The van der Waals surface area contributed by atoms with Gasteiger partial charge in [0, 0.05) is 15.2 Å². The van der Waals surface area contributed by atoms with Crippen molar-refractivity contribution >= 4 is 65.7 Å². The van der Waals surface area contributed by atoms with Crippen LogP contribution in [0, 0.1) is 6.92 Å². The number of halogens is 1. The summed E-state index contributed by atoms with van der Waals surface area (Å²) in [6, 6.07) is 27.4. The largest absolute Gasteiger partial charge is 0.456 e. The van der Waals surface area contributed by atoms with E-state index in [2.05, 4.69) is 98.6 Å². The van der Waals surface area contributed by atoms with Gasteiger partial charge in [-0.2, -0.15) is 0 Å². The van der Waals surface area contributed by atoms with E-state index in [1.54, 1.807) is 0 Å². The molecule has 0 aliphatic carbocycles. The minimum atomic E-state index is 0.896. The zero-order valence-corrected chi connectivity index (χ0v) is 18.2. The summed E-state index contributed by atoms with van der Waals surface area (Å²) >= 11 is 3.64. The second-order valence-corrected chi connectivity index (χ2v) is 8.90. The average Bonchev–Trinajstić information content (AvgIpc) is 3.41. The van der Waals surface area contributed by atoms with Crippen LogP contribution in [-0.4, -0.2) is 14.0 Å². The summed E-state index contributed by atoms with van der Waals surface area (Å²) in [4.78, 5) is 4.99. The molecule has 0 bridgehead atoms. The Hall–Kier alpha value is -3.57. The second-order valence-electron chi connectivity index (χ2n) is 7.99. The summed E-state index contributed by atoms with van der Waals surface area (Å²) in [5, 5.41) is 2.25. The maximum Gasteiger partial charge on any atom is 0.220 e. The Morgan fingerprint density at radius 1 is 0.774 bits per heavy atom. The summed E-state index contributed by atoms with van der Waals surface area (Å²) in [6.07, 6.45) is 0. The molecule has 0 amide bonds. The first-order valence-electron chi connectivity index (χ1n) is 10.2. The summed E-state index contributed by atoms with van der Waals surface area (Å²) in [5.41, 5.74) is 8.41. The first kappa shape index (κ1) is 17.1. The SMILES string of the molecule is Cc1ccc2oc3ccc(-n4c5ccc(Br)cc5n5c6ccccc6nc45)cc3c2c1. The molecule has 3 heterocycles. The maximum absolute atomic E-state index is 6.08. The van der Waals surface area contributed by atoms with Crippen molar-refractivity contribution in [1.29, 1.82) is 0 Å². The van der Waals surface area contributed by atoms with E-state index in [0.717, 1.165) is 59.9 Å². The minimum Gasteiger partial charge on any atom is -0.456 e. The second kappa shape index (κ2) is 5.99. The van der Waals surface area contributed by atoms with Gasteiger partial charge >= 0.3 is 0 Å². The lowest BCUT2D eigenvalue weighted by molar-refractivity contribution is 0.669. The van der Waals surface area contributed by atoms with E-state index in [1.807, 2.05) is 12.1 Å². The lowest BCUT2D eigenvalue weighted by Gasteiger charge is -2.05. The number of aromatic nitrogens is 3. The molecule has 7 aromatic rings. The molecule has 0 spiro atoms.